The monoisotopic (exact) mass is 411 g/mol. The van der Waals surface area contributed by atoms with Gasteiger partial charge in [0.2, 0.25) is 0 Å². The Labute approximate surface area is 168 Å². The van der Waals surface area contributed by atoms with Gasteiger partial charge in [-0.2, -0.15) is 0 Å². The van der Waals surface area contributed by atoms with E-state index >= 15 is 0 Å². The summed E-state index contributed by atoms with van der Waals surface area (Å²) in [5.41, 5.74) is 2.80. The molecule has 0 aliphatic rings. The molecule has 0 atom stereocenters. The second kappa shape index (κ2) is 17.1. The summed E-state index contributed by atoms with van der Waals surface area (Å²) in [5, 5.41) is 0. The number of aryl methyl sites for hydroxylation is 3. The molecule has 25 heavy (non-hydrogen) atoms. The van der Waals surface area contributed by atoms with Crippen molar-refractivity contribution in [3.8, 4) is 0 Å². The Balaban J connectivity index is 0.00000576. The second-order valence-corrected chi connectivity index (χ2v) is 7.64. The Hall–Kier alpha value is -0.370. The Morgan fingerprint density at radius 1 is 0.640 bits per heavy atom. The topological polar surface area (TPSA) is 3.88 Å². The van der Waals surface area contributed by atoms with Crippen LogP contribution in [-0.2, 0) is 6.54 Å². The van der Waals surface area contributed by atoms with E-state index in [0.717, 1.165) is 0 Å². The minimum Gasteiger partial charge on any atom is -1.00 e. The molecule has 0 aliphatic carbocycles. The summed E-state index contributed by atoms with van der Waals surface area (Å²) in [7, 11) is 0. The third-order valence-corrected chi connectivity index (χ3v) is 5.27. The molecule has 0 saturated carbocycles. The van der Waals surface area contributed by atoms with Crippen molar-refractivity contribution in [2.45, 2.75) is 117 Å². The molecule has 1 aromatic heterocycles. The Bertz CT molecular complexity index is 417. The number of unbranched alkanes of at least 4 members (excludes halogenated alkanes) is 13. The predicted octanol–water partition coefficient (Wildman–Crippen LogP) is 4.08. The number of hydrogen-bond acceptors (Lipinski definition) is 0. The van der Waals surface area contributed by atoms with Gasteiger partial charge in [-0.25, -0.2) is 4.57 Å². The fraction of sp³-hybridized carbons (Fsp3) is 0.783. The average molecular weight is 412 g/mol. The largest absolute Gasteiger partial charge is 1.00 e. The summed E-state index contributed by atoms with van der Waals surface area (Å²) in [4.78, 5) is 0. The molecule has 146 valence electrons. The molecule has 0 amide bonds. The lowest BCUT2D eigenvalue weighted by atomic mass is 10.0. The van der Waals surface area contributed by atoms with Crippen LogP contribution in [0.1, 0.15) is 108 Å². The van der Waals surface area contributed by atoms with E-state index in [1.54, 1.807) is 0 Å². The number of halogens is 1. The second-order valence-electron chi connectivity index (χ2n) is 7.64. The summed E-state index contributed by atoms with van der Waals surface area (Å²) in [6.45, 7) is 7.87. The molecule has 0 aromatic carbocycles. The highest BCUT2D eigenvalue weighted by molar-refractivity contribution is 5.16. The van der Waals surface area contributed by atoms with Gasteiger partial charge >= 0.3 is 0 Å². The van der Waals surface area contributed by atoms with Gasteiger partial charge in [-0.3, -0.25) is 0 Å². The molecule has 0 N–H and O–H groups in total. The molecule has 1 nitrogen and oxygen atoms in total. The standard InChI is InChI=1S/C23H42N.BrH/c1-4-5-6-7-8-9-10-11-12-13-14-15-16-17-19-24-20-18-22(2)23(3)21-24;/h18,20-21H,4-17,19H2,1-3H3;1H/q+1;/p-1. The van der Waals surface area contributed by atoms with Gasteiger partial charge in [-0.15, -0.1) is 0 Å². The van der Waals surface area contributed by atoms with E-state index in [4.69, 9.17) is 0 Å². The lowest BCUT2D eigenvalue weighted by molar-refractivity contribution is -0.697. The lowest BCUT2D eigenvalue weighted by Crippen LogP contribution is -3.00. The highest BCUT2D eigenvalue weighted by Crippen LogP contribution is 2.13. The first-order valence-electron chi connectivity index (χ1n) is 10.7. The maximum Gasteiger partial charge on any atom is 0.171 e. The minimum absolute atomic E-state index is 0. The van der Waals surface area contributed by atoms with Crippen molar-refractivity contribution in [1.29, 1.82) is 0 Å². The Kier molecular flexibility index (Phi) is 16.8. The molecular weight excluding hydrogens is 370 g/mol. The zero-order chi connectivity index (χ0) is 17.5. The molecule has 0 aliphatic heterocycles. The molecule has 0 fully saturated rings. The van der Waals surface area contributed by atoms with Gasteiger partial charge in [0.1, 0.15) is 6.54 Å². The van der Waals surface area contributed by atoms with Crippen LogP contribution in [0, 0.1) is 13.8 Å². The van der Waals surface area contributed by atoms with E-state index < -0.39 is 0 Å². The summed E-state index contributed by atoms with van der Waals surface area (Å²) < 4.78 is 2.35. The van der Waals surface area contributed by atoms with Crippen LogP contribution < -0.4 is 21.5 Å². The fourth-order valence-electron chi connectivity index (χ4n) is 3.36. The van der Waals surface area contributed by atoms with Crippen LogP contribution in [0.3, 0.4) is 0 Å². The van der Waals surface area contributed by atoms with Crippen LogP contribution in [0.5, 0.6) is 0 Å². The molecule has 1 aromatic rings. The first-order chi connectivity index (χ1) is 11.7. The van der Waals surface area contributed by atoms with Gasteiger partial charge in [0.25, 0.3) is 0 Å². The van der Waals surface area contributed by atoms with E-state index in [9.17, 15) is 0 Å². The normalized spacial score (nSPS) is 10.7. The Morgan fingerprint density at radius 3 is 1.52 bits per heavy atom. The highest BCUT2D eigenvalue weighted by Gasteiger charge is 2.02. The van der Waals surface area contributed by atoms with Crippen LogP contribution in [0.2, 0.25) is 0 Å². The maximum atomic E-state index is 2.35. The summed E-state index contributed by atoms with van der Waals surface area (Å²) in [5.74, 6) is 0. The Morgan fingerprint density at radius 2 is 1.08 bits per heavy atom. The summed E-state index contributed by atoms with van der Waals surface area (Å²) >= 11 is 0. The number of aromatic nitrogens is 1. The summed E-state index contributed by atoms with van der Waals surface area (Å²) in [6.07, 6.45) is 24.6. The van der Waals surface area contributed by atoms with E-state index in [2.05, 4.69) is 43.8 Å². The smallest absolute Gasteiger partial charge is 0.171 e. The molecule has 2 heteroatoms. The zero-order valence-electron chi connectivity index (χ0n) is 17.2. The molecule has 0 radical (unpaired) electrons. The third-order valence-electron chi connectivity index (χ3n) is 5.27. The maximum absolute atomic E-state index is 2.35. The first kappa shape index (κ1) is 24.6. The van der Waals surface area contributed by atoms with Crippen molar-refractivity contribution in [2.24, 2.45) is 0 Å². The van der Waals surface area contributed by atoms with Gasteiger partial charge in [0.05, 0.1) is 0 Å². The van der Waals surface area contributed by atoms with E-state index in [1.807, 2.05) is 0 Å². The SMILES string of the molecule is CCCCCCCCCCCCCCCC[n+]1ccc(C)c(C)c1.[Br-]. The lowest BCUT2D eigenvalue weighted by Gasteiger charge is -2.03. The number of rotatable bonds is 15. The first-order valence-corrected chi connectivity index (χ1v) is 10.7. The van der Waals surface area contributed by atoms with Crippen molar-refractivity contribution in [1.82, 2.24) is 0 Å². The molecule has 0 bridgehead atoms. The van der Waals surface area contributed by atoms with Gasteiger partial charge in [-0.05, 0) is 25.8 Å². The van der Waals surface area contributed by atoms with Gasteiger partial charge in [0, 0.05) is 18.1 Å². The summed E-state index contributed by atoms with van der Waals surface area (Å²) in [6, 6.07) is 2.24. The predicted molar refractivity (Wildman–Crippen MR) is 106 cm³/mol. The minimum atomic E-state index is 0. The van der Waals surface area contributed by atoms with Crippen LogP contribution in [-0.4, -0.2) is 0 Å². The molecule has 0 spiro atoms. The third kappa shape index (κ3) is 13.5. The van der Waals surface area contributed by atoms with Crippen molar-refractivity contribution in [3.05, 3.63) is 29.6 Å². The molecule has 1 heterocycles. The van der Waals surface area contributed by atoms with Crippen molar-refractivity contribution in [3.63, 3.8) is 0 Å². The van der Waals surface area contributed by atoms with Gasteiger partial charge in [-0.1, -0.05) is 84.0 Å². The van der Waals surface area contributed by atoms with E-state index in [1.165, 1.54) is 108 Å². The van der Waals surface area contributed by atoms with Crippen LogP contribution in [0.4, 0.5) is 0 Å². The molecule has 0 saturated heterocycles. The fourth-order valence-corrected chi connectivity index (χ4v) is 3.36. The van der Waals surface area contributed by atoms with Crippen LogP contribution in [0.15, 0.2) is 18.5 Å². The van der Waals surface area contributed by atoms with Gasteiger partial charge < -0.3 is 17.0 Å². The quantitative estimate of drug-likeness (QED) is 0.302. The van der Waals surface area contributed by atoms with E-state index in [-0.39, 0.29) is 17.0 Å². The van der Waals surface area contributed by atoms with Crippen molar-refractivity contribution >= 4 is 0 Å². The highest BCUT2D eigenvalue weighted by atomic mass is 79.9. The molecular formula is C23H42BrN. The van der Waals surface area contributed by atoms with Gasteiger partial charge in [0.15, 0.2) is 12.4 Å². The number of nitrogens with zero attached hydrogens (tertiary/aromatic N) is 1. The zero-order valence-corrected chi connectivity index (χ0v) is 18.7. The van der Waals surface area contributed by atoms with Crippen LogP contribution in [0.25, 0.3) is 0 Å². The number of hydrogen-bond donors (Lipinski definition) is 0. The average Bonchev–Trinajstić information content (AvgIpc) is 2.58. The molecule has 0 unspecified atom stereocenters. The van der Waals surface area contributed by atoms with Crippen molar-refractivity contribution in [2.75, 3.05) is 0 Å². The number of pyridine rings is 1. The molecule has 1 rings (SSSR count). The van der Waals surface area contributed by atoms with Crippen molar-refractivity contribution < 1.29 is 21.5 Å². The van der Waals surface area contributed by atoms with Crippen LogP contribution >= 0.6 is 0 Å². The van der Waals surface area contributed by atoms with E-state index in [0.29, 0.717) is 0 Å².